The highest BCUT2D eigenvalue weighted by atomic mass is 35.5. The van der Waals surface area contributed by atoms with Crippen molar-refractivity contribution in [3.8, 4) is 0 Å². The van der Waals surface area contributed by atoms with E-state index >= 15 is 0 Å². The Hall–Kier alpha value is -1.74. The van der Waals surface area contributed by atoms with Gasteiger partial charge >= 0.3 is 0 Å². The first-order valence-electron chi connectivity index (χ1n) is 4.90. The molecule has 1 heterocycles. The Morgan fingerprint density at radius 2 is 2.06 bits per heavy atom. The van der Waals surface area contributed by atoms with Crippen LogP contribution in [0.3, 0.4) is 0 Å². The lowest BCUT2D eigenvalue weighted by Gasteiger charge is -2.10. The monoisotopic (exact) mass is 233 g/mol. The van der Waals surface area contributed by atoms with Gasteiger partial charge in [-0.05, 0) is 36.8 Å². The van der Waals surface area contributed by atoms with Gasteiger partial charge in [0.25, 0.3) is 0 Å². The summed E-state index contributed by atoms with van der Waals surface area (Å²) in [6.45, 7) is 1.99. The third-order valence-electron chi connectivity index (χ3n) is 2.23. The lowest BCUT2D eigenvalue weighted by Crippen LogP contribution is -1.98. The summed E-state index contributed by atoms with van der Waals surface area (Å²) in [5, 5.41) is 3.82. The number of anilines is 3. The largest absolute Gasteiger partial charge is 0.382 e. The molecule has 2 rings (SSSR count). The van der Waals surface area contributed by atoms with E-state index < -0.39 is 0 Å². The van der Waals surface area contributed by atoms with Crippen molar-refractivity contribution in [3.05, 3.63) is 47.1 Å². The zero-order valence-corrected chi connectivity index (χ0v) is 9.62. The third-order valence-corrected chi connectivity index (χ3v) is 2.55. The Morgan fingerprint density at radius 1 is 1.25 bits per heavy atom. The molecule has 4 heteroatoms. The zero-order chi connectivity index (χ0) is 11.5. The molecule has 1 aromatic carbocycles. The standard InChI is InChI=1S/C12H12ClN3/c1-8-4-5-10(9(13)7-8)16-11-3-2-6-15-12(11)14/h2-7,16H,1H3,(H2,14,15). The fraction of sp³-hybridized carbons (Fsp3) is 0.0833. The molecular weight excluding hydrogens is 222 g/mol. The number of aromatic nitrogens is 1. The van der Waals surface area contributed by atoms with E-state index in [0.717, 1.165) is 16.9 Å². The molecule has 0 aliphatic carbocycles. The molecule has 0 radical (unpaired) electrons. The number of benzene rings is 1. The molecule has 0 unspecified atom stereocenters. The molecule has 82 valence electrons. The van der Waals surface area contributed by atoms with Gasteiger partial charge in [0.15, 0.2) is 0 Å². The first kappa shape index (κ1) is 10.8. The van der Waals surface area contributed by atoms with Crippen LogP contribution in [0, 0.1) is 6.92 Å². The number of halogens is 1. The van der Waals surface area contributed by atoms with Crippen molar-refractivity contribution in [2.24, 2.45) is 0 Å². The van der Waals surface area contributed by atoms with Gasteiger partial charge in [-0.3, -0.25) is 0 Å². The molecule has 0 aliphatic heterocycles. The molecule has 1 aromatic heterocycles. The van der Waals surface area contributed by atoms with E-state index in [1.54, 1.807) is 6.20 Å². The van der Waals surface area contributed by atoms with Crippen LogP contribution in [0.2, 0.25) is 5.02 Å². The number of nitrogens with zero attached hydrogens (tertiary/aromatic N) is 1. The number of nitrogen functional groups attached to an aromatic ring is 1. The average molecular weight is 234 g/mol. The highest BCUT2D eigenvalue weighted by molar-refractivity contribution is 6.33. The second kappa shape index (κ2) is 4.41. The van der Waals surface area contributed by atoms with Gasteiger partial charge in [-0.25, -0.2) is 4.98 Å². The van der Waals surface area contributed by atoms with E-state index in [1.807, 2.05) is 37.3 Å². The van der Waals surface area contributed by atoms with Crippen molar-refractivity contribution in [3.63, 3.8) is 0 Å². The highest BCUT2D eigenvalue weighted by Crippen LogP contribution is 2.27. The van der Waals surface area contributed by atoms with Crippen LogP contribution in [0.4, 0.5) is 17.2 Å². The molecule has 0 saturated heterocycles. The van der Waals surface area contributed by atoms with E-state index in [0.29, 0.717) is 10.8 Å². The molecule has 0 amide bonds. The smallest absolute Gasteiger partial charge is 0.147 e. The highest BCUT2D eigenvalue weighted by Gasteiger charge is 2.03. The molecule has 0 spiro atoms. The minimum absolute atomic E-state index is 0.458. The average Bonchev–Trinajstić information content (AvgIpc) is 2.25. The lowest BCUT2D eigenvalue weighted by atomic mass is 10.2. The van der Waals surface area contributed by atoms with Gasteiger partial charge in [0.1, 0.15) is 5.82 Å². The first-order valence-corrected chi connectivity index (χ1v) is 5.28. The van der Waals surface area contributed by atoms with Crippen LogP contribution in [-0.4, -0.2) is 4.98 Å². The summed E-state index contributed by atoms with van der Waals surface area (Å²) in [6, 6.07) is 9.49. The maximum Gasteiger partial charge on any atom is 0.147 e. The van der Waals surface area contributed by atoms with E-state index in [2.05, 4.69) is 10.3 Å². The van der Waals surface area contributed by atoms with Crippen molar-refractivity contribution in [1.82, 2.24) is 4.98 Å². The lowest BCUT2D eigenvalue weighted by molar-refractivity contribution is 1.33. The molecule has 0 saturated carbocycles. The Bertz CT molecular complexity index is 511. The van der Waals surface area contributed by atoms with Gasteiger partial charge in [-0.15, -0.1) is 0 Å². The normalized spacial score (nSPS) is 10.1. The molecule has 16 heavy (non-hydrogen) atoms. The second-order valence-corrected chi connectivity index (χ2v) is 3.95. The summed E-state index contributed by atoms with van der Waals surface area (Å²) in [4.78, 5) is 3.99. The minimum Gasteiger partial charge on any atom is -0.382 e. The van der Waals surface area contributed by atoms with Crippen LogP contribution in [0.15, 0.2) is 36.5 Å². The van der Waals surface area contributed by atoms with Crippen molar-refractivity contribution in [2.45, 2.75) is 6.92 Å². The fourth-order valence-corrected chi connectivity index (χ4v) is 1.67. The Balaban J connectivity index is 2.31. The van der Waals surface area contributed by atoms with E-state index in [9.17, 15) is 0 Å². The Morgan fingerprint density at radius 3 is 2.75 bits per heavy atom. The fourth-order valence-electron chi connectivity index (χ4n) is 1.39. The van der Waals surface area contributed by atoms with Gasteiger partial charge in [0.05, 0.1) is 16.4 Å². The quantitative estimate of drug-likeness (QED) is 0.836. The Kier molecular flexibility index (Phi) is 2.97. The van der Waals surface area contributed by atoms with Crippen LogP contribution in [-0.2, 0) is 0 Å². The number of aryl methyl sites for hydroxylation is 1. The molecule has 0 aliphatic rings. The summed E-state index contributed by atoms with van der Waals surface area (Å²) in [5.41, 5.74) is 8.44. The van der Waals surface area contributed by atoms with Crippen LogP contribution in [0.1, 0.15) is 5.56 Å². The van der Waals surface area contributed by atoms with Gasteiger partial charge in [0, 0.05) is 6.20 Å². The SMILES string of the molecule is Cc1ccc(Nc2cccnc2N)c(Cl)c1. The van der Waals surface area contributed by atoms with Gasteiger partial charge in [-0.2, -0.15) is 0 Å². The number of hydrogen-bond donors (Lipinski definition) is 2. The number of nitrogens with two attached hydrogens (primary N) is 1. The van der Waals surface area contributed by atoms with Crippen LogP contribution >= 0.6 is 11.6 Å². The summed E-state index contributed by atoms with van der Waals surface area (Å²) in [6.07, 6.45) is 1.65. The molecule has 3 N–H and O–H groups in total. The maximum atomic E-state index is 6.11. The molecule has 0 bridgehead atoms. The topological polar surface area (TPSA) is 50.9 Å². The van der Waals surface area contributed by atoms with E-state index in [4.69, 9.17) is 17.3 Å². The van der Waals surface area contributed by atoms with Gasteiger partial charge < -0.3 is 11.1 Å². The number of pyridine rings is 1. The third kappa shape index (κ3) is 2.25. The predicted molar refractivity (Wildman–Crippen MR) is 68.1 cm³/mol. The molecule has 0 fully saturated rings. The molecular formula is C12H12ClN3. The maximum absolute atomic E-state index is 6.11. The second-order valence-electron chi connectivity index (χ2n) is 3.54. The molecule has 0 atom stereocenters. The number of rotatable bonds is 2. The van der Waals surface area contributed by atoms with Crippen molar-refractivity contribution in [2.75, 3.05) is 11.1 Å². The van der Waals surface area contributed by atoms with Crippen LogP contribution in [0.5, 0.6) is 0 Å². The van der Waals surface area contributed by atoms with Crippen molar-refractivity contribution in [1.29, 1.82) is 0 Å². The molecule has 3 nitrogen and oxygen atoms in total. The van der Waals surface area contributed by atoms with Gasteiger partial charge in [0.2, 0.25) is 0 Å². The van der Waals surface area contributed by atoms with Crippen LogP contribution in [0.25, 0.3) is 0 Å². The summed E-state index contributed by atoms with van der Waals surface area (Å²) >= 11 is 6.11. The van der Waals surface area contributed by atoms with Gasteiger partial charge in [-0.1, -0.05) is 17.7 Å². The summed E-state index contributed by atoms with van der Waals surface area (Å²) < 4.78 is 0. The summed E-state index contributed by atoms with van der Waals surface area (Å²) in [5.74, 6) is 0.458. The van der Waals surface area contributed by atoms with Crippen molar-refractivity contribution >= 4 is 28.8 Å². The van der Waals surface area contributed by atoms with Crippen molar-refractivity contribution < 1.29 is 0 Å². The first-order chi connectivity index (χ1) is 7.66. The predicted octanol–water partition coefficient (Wildman–Crippen LogP) is 3.37. The minimum atomic E-state index is 0.458. The van der Waals surface area contributed by atoms with E-state index in [-0.39, 0.29) is 0 Å². The zero-order valence-electron chi connectivity index (χ0n) is 8.87. The van der Waals surface area contributed by atoms with E-state index in [1.165, 1.54) is 0 Å². The number of hydrogen-bond acceptors (Lipinski definition) is 3. The summed E-state index contributed by atoms with van der Waals surface area (Å²) in [7, 11) is 0. The molecule has 2 aromatic rings. The van der Waals surface area contributed by atoms with Crippen LogP contribution < -0.4 is 11.1 Å². The Labute approximate surface area is 99.3 Å². The number of nitrogens with one attached hydrogen (secondary N) is 1.